The zero-order valence-electron chi connectivity index (χ0n) is 18.9. The molecule has 28 heavy (non-hydrogen) atoms. The average molecular weight is 384 g/mol. The second kappa shape index (κ2) is 10.8. The first-order valence-corrected chi connectivity index (χ1v) is 12.8. The average Bonchev–Trinajstić information content (AvgIpc) is 2.77. The fourth-order valence-electron chi connectivity index (χ4n) is 6.63. The zero-order valence-corrected chi connectivity index (χ0v) is 18.9. The SMILES string of the molecule is CCCCC1CC=C(C2(C#N)CCC(C3CCC(CCCC)CC3)CC2)CC1. The summed E-state index contributed by atoms with van der Waals surface area (Å²) in [4.78, 5) is 0. The highest BCUT2D eigenvalue weighted by molar-refractivity contribution is 5.26. The fourth-order valence-corrected chi connectivity index (χ4v) is 6.63. The highest BCUT2D eigenvalue weighted by atomic mass is 14.5. The lowest BCUT2D eigenvalue weighted by Crippen LogP contribution is -2.33. The van der Waals surface area contributed by atoms with Gasteiger partial charge in [-0.25, -0.2) is 0 Å². The normalized spacial score (nSPS) is 36.5. The largest absolute Gasteiger partial charge is 0.197 e. The Morgan fingerprint density at radius 2 is 1.46 bits per heavy atom. The molecule has 3 aliphatic carbocycles. The van der Waals surface area contributed by atoms with Gasteiger partial charge in [0.05, 0.1) is 11.5 Å². The summed E-state index contributed by atoms with van der Waals surface area (Å²) >= 11 is 0. The van der Waals surface area contributed by atoms with Crippen molar-refractivity contribution in [1.82, 2.24) is 0 Å². The van der Waals surface area contributed by atoms with Gasteiger partial charge < -0.3 is 0 Å². The van der Waals surface area contributed by atoms with Crippen molar-refractivity contribution in [1.29, 1.82) is 5.26 Å². The van der Waals surface area contributed by atoms with Gasteiger partial charge in [-0.05, 0) is 81.5 Å². The van der Waals surface area contributed by atoms with Gasteiger partial charge in [-0.2, -0.15) is 5.26 Å². The van der Waals surface area contributed by atoms with E-state index in [0.717, 1.165) is 36.5 Å². The highest BCUT2D eigenvalue weighted by Crippen LogP contribution is 2.51. The molecule has 2 fully saturated rings. The molecule has 1 atom stereocenters. The Balaban J connectivity index is 1.48. The van der Waals surface area contributed by atoms with Crippen LogP contribution in [-0.2, 0) is 0 Å². The molecule has 0 spiro atoms. The minimum Gasteiger partial charge on any atom is -0.197 e. The molecule has 158 valence electrons. The van der Waals surface area contributed by atoms with Crippen LogP contribution in [0.4, 0.5) is 0 Å². The summed E-state index contributed by atoms with van der Waals surface area (Å²) in [6.45, 7) is 4.62. The van der Waals surface area contributed by atoms with Gasteiger partial charge in [0.1, 0.15) is 0 Å². The van der Waals surface area contributed by atoms with Crippen LogP contribution in [-0.4, -0.2) is 0 Å². The number of rotatable bonds is 8. The second-order valence-electron chi connectivity index (χ2n) is 10.5. The van der Waals surface area contributed by atoms with Gasteiger partial charge >= 0.3 is 0 Å². The van der Waals surface area contributed by atoms with Crippen LogP contribution in [0, 0.1) is 40.4 Å². The predicted molar refractivity (Wildman–Crippen MR) is 120 cm³/mol. The van der Waals surface area contributed by atoms with E-state index in [9.17, 15) is 5.26 Å². The molecule has 1 nitrogen and oxygen atoms in total. The lowest BCUT2D eigenvalue weighted by molar-refractivity contribution is 0.130. The van der Waals surface area contributed by atoms with Crippen molar-refractivity contribution < 1.29 is 0 Å². The Labute approximate surface area is 175 Å². The van der Waals surface area contributed by atoms with Crippen molar-refractivity contribution in [2.75, 3.05) is 0 Å². The maximum absolute atomic E-state index is 10.1. The van der Waals surface area contributed by atoms with Crippen molar-refractivity contribution in [2.45, 2.75) is 123 Å². The molecule has 0 saturated heterocycles. The van der Waals surface area contributed by atoms with Crippen molar-refractivity contribution in [2.24, 2.45) is 29.1 Å². The highest BCUT2D eigenvalue weighted by Gasteiger charge is 2.41. The van der Waals surface area contributed by atoms with E-state index >= 15 is 0 Å². The van der Waals surface area contributed by atoms with Crippen LogP contribution in [0.1, 0.15) is 123 Å². The Kier molecular flexibility index (Phi) is 8.50. The summed E-state index contributed by atoms with van der Waals surface area (Å²) in [5, 5.41) is 10.1. The zero-order chi connectivity index (χ0) is 19.8. The maximum atomic E-state index is 10.1. The summed E-state index contributed by atoms with van der Waals surface area (Å²) < 4.78 is 0. The molecule has 0 aromatic heterocycles. The summed E-state index contributed by atoms with van der Waals surface area (Å²) in [5.74, 6) is 3.79. The quantitative estimate of drug-likeness (QED) is 0.385. The molecular weight excluding hydrogens is 338 g/mol. The van der Waals surface area contributed by atoms with Crippen LogP contribution in [0.15, 0.2) is 11.6 Å². The van der Waals surface area contributed by atoms with E-state index in [1.807, 2.05) is 0 Å². The molecule has 0 aromatic rings. The third-order valence-electron chi connectivity index (χ3n) is 8.72. The molecule has 1 unspecified atom stereocenters. The monoisotopic (exact) mass is 383 g/mol. The van der Waals surface area contributed by atoms with E-state index in [-0.39, 0.29) is 5.41 Å². The molecule has 0 heterocycles. The molecule has 3 rings (SSSR count). The molecular formula is C27H45N. The van der Waals surface area contributed by atoms with Gasteiger partial charge in [0, 0.05) is 0 Å². The van der Waals surface area contributed by atoms with Crippen molar-refractivity contribution in [3.63, 3.8) is 0 Å². The first-order valence-electron chi connectivity index (χ1n) is 12.8. The first-order chi connectivity index (χ1) is 13.7. The van der Waals surface area contributed by atoms with Gasteiger partial charge in [0.25, 0.3) is 0 Å². The van der Waals surface area contributed by atoms with Crippen molar-refractivity contribution >= 4 is 0 Å². The predicted octanol–water partition coefficient (Wildman–Crippen LogP) is 8.60. The lowest BCUT2D eigenvalue weighted by Gasteiger charge is -2.42. The van der Waals surface area contributed by atoms with E-state index in [4.69, 9.17) is 0 Å². The second-order valence-corrected chi connectivity index (χ2v) is 10.5. The molecule has 0 amide bonds. The first kappa shape index (κ1) is 21.9. The van der Waals surface area contributed by atoms with Gasteiger partial charge in [-0.3, -0.25) is 0 Å². The molecule has 0 aromatic carbocycles. The fraction of sp³-hybridized carbons (Fsp3) is 0.889. The molecule has 1 heteroatoms. The van der Waals surface area contributed by atoms with Gasteiger partial charge in [0.15, 0.2) is 0 Å². The van der Waals surface area contributed by atoms with Crippen LogP contribution in [0.5, 0.6) is 0 Å². The van der Waals surface area contributed by atoms with E-state index < -0.39 is 0 Å². The number of allylic oxidation sites excluding steroid dienone is 2. The van der Waals surface area contributed by atoms with Crippen LogP contribution >= 0.6 is 0 Å². The van der Waals surface area contributed by atoms with E-state index in [2.05, 4.69) is 26.0 Å². The third kappa shape index (κ3) is 5.43. The molecule has 0 bridgehead atoms. The molecule has 0 radical (unpaired) electrons. The number of hydrogen-bond donors (Lipinski definition) is 0. The molecule has 0 aliphatic heterocycles. The molecule has 2 saturated carbocycles. The lowest BCUT2D eigenvalue weighted by atomic mass is 9.61. The number of unbranched alkanes of at least 4 members (excludes halogenated alkanes) is 2. The summed E-state index contributed by atoms with van der Waals surface area (Å²) in [6, 6.07) is 2.83. The van der Waals surface area contributed by atoms with Crippen LogP contribution in [0.25, 0.3) is 0 Å². The number of nitriles is 1. The Hall–Kier alpha value is -0.770. The van der Waals surface area contributed by atoms with Crippen LogP contribution in [0.2, 0.25) is 0 Å². The topological polar surface area (TPSA) is 23.8 Å². The number of nitrogens with zero attached hydrogens (tertiary/aromatic N) is 1. The summed E-state index contributed by atoms with van der Waals surface area (Å²) in [7, 11) is 0. The molecule has 3 aliphatic rings. The van der Waals surface area contributed by atoms with Gasteiger partial charge in [0.2, 0.25) is 0 Å². The van der Waals surface area contributed by atoms with Gasteiger partial charge in [-0.1, -0.05) is 76.9 Å². The maximum Gasteiger partial charge on any atom is 0.0782 e. The summed E-state index contributed by atoms with van der Waals surface area (Å²) in [6.07, 6.45) is 25.5. The third-order valence-corrected chi connectivity index (χ3v) is 8.72. The van der Waals surface area contributed by atoms with Gasteiger partial charge in [-0.15, -0.1) is 0 Å². The number of hydrogen-bond acceptors (Lipinski definition) is 1. The standard InChI is InChI=1S/C27H45N/c1-3-5-7-22-9-13-24(14-10-22)25-17-19-27(21-28,20-18-25)26-15-11-23(12-16-26)8-6-4-2/h15,22-25H,3-14,16-20H2,1-2H3. The van der Waals surface area contributed by atoms with E-state index in [0.29, 0.717) is 0 Å². The Morgan fingerprint density at radius 1 is 0.857 bits per heavy atom. The van der Waals surface area contributed by atoms with Crippen molar-refractivity contribution in [3.05, 3.63) is 11.6 Å². The molecule has 0 N–H and O–H groups in total. The smallest absolute Gasteiger partial charge is 0.0782 e. The minimum atomic E-state index is -0.0927. The van der Waals surface area contributed by atoms with Crippen LogP contribution < -0.4 is 0 Å². The Morgan fingerprint density at radius 3 is 2.00 bits per heavy atom. The Bertz CT molecular complexity index is 523. The van der Waals surface area contributed by atoms with Crippen LogP contribution in [0.3, 0.4) is 0 Å². The van der Waals surface area contributed by atoms with E-state index in [1.165, 1.54) is 102 Å². The van der Waals surface area contributed by atoms with E-state index in [1.54, 1.807) is 0 Å². The van der Waals surface area contributed by atoms with Crippen molar-refractivity contribution in [3.8, 4) is 6.07 Å². The minimum absolute atomic E-state index is 0.0927. The summed E-state index contributed by atoms with van der Waals surface area (Å²) in [5.41, 5.74) is 1.44.